The van der Waals surface area contributed by atoms with E-state index in [1.807, 2.05) is 23.3 Å². The zero-order chi connectivity index (χ0) is 13.7. The molecule has 1 N–H and O–H groups in total. The molecular formula is C13H18N2O3S. The van der Waals surface area contributed by atoms with Gasteiger partial charge in [-0.2, -0.15) is 0 Å². The highest BCUT2D eigenvalue weighted by atomic mass is 32.1. The van der Waals surface area contributed by atoms with Crippen LogP contribution in [0, 0.1) is 0 Å². The fourth-order valence-corrected chi connectivity index (χ4v) is 2.66. The Labute approximate surface area is 116 Å². The van der Waals surface area contributed by atoms with Crippen LogP contribution in [0.5, 0.6) is 0 Å². The van der Waals surface area contributed by atoms with Gasteiger partial charge in [-0.1, -0.05) is 6.07 Å². The number of nitrogens with zero attached hydrogens (tertiary/aromatic N) is 1. The van der Waals surface area contributed by atoms with Gasteiger partial charge in [-0.05, 0) is 18.4 Å². The first kappa shape index (κ1) is 14.0. The molecule has 1 unspecified atom stereocenters. The second-order valence-electron chi connectivity index (χ2n) is 4.49. The molecule has 0 bridgehead atoms. The third kappa shape index (κ3) is 3.78. The highest BCUT2D eigenvalue weighted by Crippen LogP contribution is 2.09. The molecular weight excluding hydrogens is 264 g/mol. The number of carbonyl (C=O) groups excluding carboxylic acids is 2. The van der Waals surface area contributed by atoms with E-state index in [1.54, 1.807) is 6.07 Å². The maximum atomic E-state index is 12.0. The van der Waals surface area contributed by atoms with E-state index in [0.29, 0.717) is 37.6 Å². The minimum absolute atomic E-state index is 0.0716. The second-order valence-corrected chi connectivity index (χ2v) is 5.44. The Morgan fingerprint density at radius 1 is 1.58 bits per heavy atom. The van der Waals surface area contributed by atoms with Gasteiger partial charge >= 0.3 is 0 Å². The Hall–Kier alpha value is -1.40. The van der Waals surface area contributed by atoms with Gasteiger partial charge in [0.25, 0.3) is 5.91 Å². The van der Waals surface area contributed by atoms with Gasteiger partial charge in [0.05, 0.1) is 24.1 Å². The van der Waals surface area contributed by atoms with Crippen molar-refractivity contribution in [1.29, 1.82) is 0 Å². The van der Waals surface area contributed by atoms with E-state index >= 15 is 0 Å². The number of rotatable bonds is 4. The molecule has 2 rings (SSSR count). The number of hydrogen-bond acceptors (Lipinski definition) is 4. The average Bonchev–Trinajstić information content (AvgIpc) is 2.93. The van der Waals surface area contributed by atoms with Crippen LogP contribution in [0.3, 0.4) is 0 Å². The Morgan fingerprint density at radius 2 is 2.42 bits per heavy atom. The number of amides is 2. The Kier molecular flexibility index (Phi) is 4.93. The van der Waals surface area contributed by atoms with Crippen molar-refractivity contribution >= 4 is 23.2 Å². The molecule has 0 aromatic carbocycles. The molecule has 2 amide bonds. The van der Waals surface area contributed by atoms with Gasteiger partial charge < -0.3 is 15.0 Å². The maximum Gasteiger partial charge on any atom is 0.261 e. The van der Waals surface area contributed by atoms with Crippen LogP contribution in [-0.4, -0.2) is 49.1 Å². The second kappa shape index (κ2) is 6.68. The first-order valence-corrected chi connectivity index (χ1v) is 7.25. The van der Waals surface area contributed by atoms with Crippen LogP contribution in [0.4, 0.5) is 0 Å². The van der Waals surface area contributed by atoms with E-state index in [4.69, 9.17) is 4.74 Å². The summed E-state index contributed by atoms with van der Waals surface area (Å²) in [5.74, 6) is -0.0416. The normalized spacial score (nSPS) is 19.2. The van der Waals surface area contributed by atoms with Crippen LogP contribution >= 0.6 is 11.3 Å². The predicted molar refractivity (Wildman–Crippen MR) is 73.3 cm³/mol. The van der Waals surface area contributed by atoms with Crippen LogP contribution in [0.1, 0.15) is 23.0 Å². The Balaban J connectivity index is 1.73. The highest BCUT2D eigenvalue weighted by molar-refractivity contribution is 7.12. The van der Waals surface area contributed by atoms with E-state index in [0.717, 1.165) is 0 Å². The molecule has 1 aromatic heterocycles. The molecule has 5 nitrogen and oxygen atoms in total. The van der Waals surface area contributed by atoms with Crippen molar-refractivity contribution in [3.05, 3.63) is 22.4 Å². The van der Waals surface area contributed by atoms with Gasteiger partial charge in [-0.25, -0.2) is 0 Å². The lowest BCUT2D eigenvalue weighted by Gasteiger charge is -2.33. The van der Waals surface area contributed by atoms with Crippen molar-refractivity contribution in [2.75, 3.05) is 26.3 Å². The Morgan fingerprint density at radius 3 is 3.11 bits per heavy atom. The molecule has 104 valence electrons. The number of carbonyl (C=O) groups is 2. The third-order valence-corrected chi connectivity index (χ3v) is 3.93. The highest BCUT2D eigenvalue weighted by Gasteiger charge is 2.23. The van der Waals surface area contributed by atoms with Crippen LogP contribution in [0.25, 0.3) is 0 Å². The van der Waals surface area contributed by atoms with E-state index in [1.165, 1.54) is 11.3 Å². The van der Waals surface area contributed by atoms with Gasteiger partial charge in [0.15, 0.2) is 0 Å². The minimum atomic E-state index is -0.113. The fraction of sp³-hybridized carbons (Fsp3) is 0.538. The minimum Gasteiger partial charge on any atom is -0.377 e. The third-order valence-electron chi connectivity index (χ3n) is 3.06. The molecule has 0 spiro atoms. The molecule has 2 heterocycles. The average molecular weight is 282 g/mol. The van der Waals surface area contributed by atoms with Gasteiger partial charge in [-0.15, -0.1) is 11.3 Å². The van der Waals surface area contributed by atoms with Crippen molar-refractivity contribution in [2.45, 2.75) is 19.4 Å². The van der Waals surface area contributed by atoms with Crippen molar-refractivity contribution in [1.82, 2.24) is 10.2 Å². The summed E-state index contributed by atoms with van der Waals surface area (Å²) in [7, 11) is 0. The summed E-state index contributed by atoms with van der Waals surface area (Å²) in [4.78, 5) is 26.2. The lowest BCUT2D eigenvalue weighted by molar-refractivity contribution is -0.138. The molecule has 19 heavy (non-hydrogen) atoms. The number of ether oxygens (including phenoxy) is 1. The van der Waals surface area contributed by atoms with E-state index in [2.05, 4.69) is 5.32 Å². The molecule has 0 radical (unpaired) electrons. The van der Waals surface area contributed by atoms with Gasteiger partial charge in [0, 0.05) is 19.5 Å². The van der Waals surface area contributed by atoms with Gasteiger partial charge in [0.1, 0.15) is 0 Å². The molecule has 1 saturated heterocycles. The largest absolute Gasteiger partial charge is 0.377 e. The zero-order valence-electron chi connectivity index (χ0n) is 10.9. The lowest BCUT2D eigenvalue weighted by Crippen LogP contribution is -2.47. The first-order chi connectivity index (χ1) is 9.18. The molecule has 1 fully saturated rings. The summed E-state index contributed by atoms with van der Waals surface area (Å²) >= 11 is 1.39. The first-order valence-electron chi connectivity index (χ1n) is 6.37. The topological polar surface area (TPSA) is 58.6 Å². The summed E-state index contributed by atoms with van der Waals surface area (Å²) in [5.41, 5.74) is 0. The SMILES string of the molecule is CC1COCCN1C(=O)CCNC(=O)c1cccs1. The van der Waals surface area contributed by atoms with E-state index in [9.17, 15) is 9.59 Å². The van der Waals surface area contributed by atoms with E-state index in [-0.39, 0.29) is 17.9 Å². The van der Waals surface area contributed by atoms with Gasteiger partial charge in [-0.3, -0.25) is 9.59 Å². The van der Waals surface area contributed by atoms with Crippen molar-refractivity contribution in [3.63, 3.8) is 0 Å². The summed E-state index contributed by atoms with van der Waals surface area (Å²) in [6, 6.07) is 3.72. The van der Waals surface area contributed by atoms with Crippen LogP contribution in [-0.2, 0) is 9.53 Å². The van der Waals surface area contributed by atoms with Crippen molar-refractivity contribution in [3.8, 4) is 0 Å². The van der Waals surface area contributed by atoms with Crippen LogP contribution in [0.15, 0.2) is 17.5 Å². The van der Waals surface area contributed by atoms with E-state index < -0.39 is 0 Å². The molecule has 6 heteroatoms. The number of morpholine rings is 1. The number of nitrogens with one attached hydrogen (secondary N) is 1. The quantitative estimate of drug-likeness (QED) is 0.900. The molecule has 0 saturated carbocycles. The molecule has 0 aliphatic carbocycles. The summed E-state index contributed by atoms with van der Waals surface area (Å²) in [6.07, 6.45) is 0.335. The predicted octanol–water partition coefficient (Wildman–Crippen LogP) is 1.12. The Bertz CT molecular complexity index is 433. The van der Waals surface area contributed by atoms with Crippen molar-refractivity contribution < 1.29 is 14.3 Å². The summed E-state index contributed by atoms with van der Waals surface area (Å²) < 4.78 is 5.29. The number of thiophene rings is 1. The van der Waals surface area contributed by atoms with Crippen molar-refractivity contribution in [2.24, 2.45) is 0 Å². The fourth-order valence-electron chi connectivity index (χ4n) is 2.02. The smallest absolute Gasteiger partial charge is 0.261 e. The number of hydrogen-bond donors (Lipinski definition) is 1. The summed E-state index contributed by atoms with van der Waals surface area (Å²) in [6.45, 7) is 4.17. The van der Waals surface area contributed by atoms with Crippen LogP contribution < -0.4 is 5.32 Å². The molecule has 1 aliphatic heterocycles. The summed E-state index contributed by atoms with van der Waals surface area (Å²) in [5, 5.41) is 4.62. The van der Waals surface area contributed by atoms with Crippen LogP contribution in [0.2, 0.25) is 0 Å². The monoisotopic (exact) mass is 282 g/mol. The molecule has 1 aliphatic rings. The standard InChI is InChI=1S/C13H18N2O3S/c1-10-9-18-7-6-15(10)12(16)4-5-14-13(17)11-3-2-8-19-11/h2-3,8,10H,4-7,9H2,1H3,(H,14,17). The molecule has 1 aromatic rings. The maximum absolute atomic E-state index is 12.0. The zero-order valence-corrected chi connectivity index (χ0v) is 11.7. The lowest BCUT2D eigenvalue weighted by atomic mass is 10.2. The molecule has 1 atom stereocenters. The van der Waals surface area contributed by atoms with Gasteiger partial charge in [0.2, 0.25) is 5.91 Å².